The Hall–Kier alpha value is -2.02. The molecule has 168 valence electrons. The Bertz CT molecular complexity index is 881. The van der Waals surface area contributed by atoms with E-state index in [1.807, 2.05) is 56.9 Å². The predicted molar refractivity (Wildman–Crippen MR) is 123 cm³/mol. The average Bonchev–Trinajstić information content (AvgIpc) is 3.20. The van der Waals surface area contributed by atoms with Crippen LogP contribution in [0.3, 0.4) is 0 Å². The van der Waals surface area contributed by atoms with Crippen LogP contribution in [0, 0.1) is 5.92 Å². The Morgan fingerprint density at radius 3 is 2.55 bits per heavy atom. The Kier molecular flexibility index (Phi) is 6.08. The van der Waals surface area contributed by atoms with Crippen molar-refractivity contribution < 1.29 is 14.4 Å². The largest absolute Gasteiger partial charge is 0.342 e. The van der Waals surface area contributed by atoms with E-state index in [-0.39, 0.29) is 29.0 Å². The summed E-state index contributed by atoms with van der Waals surface area (Å²) >= 11 is 1.65. The van der Waals surface area contributed by atoms with Crippen molar-refractivity contribution in [2.45, 2.75) is 75.6 Å². The summed E-state index contributed by atoms with van der Waals surface area (Å²) in [5, 5.41) is 2.93. The normalized spacial score (nSPS) is 26.3. The lowest BCUT2D eigenvalue weighted by atomic mass is 9.94. The van der Waals surface area contributed by atoms with Crippen LogP contribution in [0.1, 0.15) is 74.7 Å². The summed E-state index contributed by atoms with van der Waals surface area (Å²) < 4.78 is -0.452. The molecule has 3 heterocycles. The number of thioether (sulfide) groups is 1. The van der Waals surface area contributed by atoms with Gasteiger partial charge in [-0.3, -0.25) is 14.4 Å². The lowest BCUT2D eigenvalue weighted by molar-refractivity contribution is -0.139. The molecule has 31 heavy (non-hydrogen) atoms. The third-order valence-electron chi connectivity index (χ3n) is 6.99. The van der Waals surface area contributed by atoms with Gasteiger partial charge in [0, 0.05) is 23.4 Å². The summed E-state index contributed by atoms with van der Waals surface area (Å²) in [6.45, 7) is 9.60. The molecule has 0 saturated carbocycles. The maximum absolute atomic E-state index is 13.6. The van der Waals surface area contributed by atoms with Crippen molar-refractivity contribution in [1.29, 1.82) is 0 Å². The molecule has 1 N–H and O–H groups in total. The fourth-order valence-corrected chi connectivity index (χ4v) is 6.62. The molecule has 1 aromatic rings. The predicted octanol–water partition coefficient (Wildman–Crippen LogP) is 3.58. The van der Waals surface area contributed by atoms with Gasteiger partial charge in [-0.05, 0) is 50.7 Å². The number of piperidine rings is 1. The number of carbonyl (C=O) groups excluding carboxylic acids is 3. The molecule has 3 aliphatic rings. The molecule has 2 saturated heterocycles. The molecule has 0 spiro atoms. The van der Waals surface area contributed by atoms with E-state index in [2.05, 4.69) is 5.32 Å². The highest BCUT2D eigenvalue weighted by Gasteiger charge is 2.57. The zero-order chi connectivity index (χ0) is 22.3. The van der Waals surface area contributed by atoms with Gasteiger partial charge in [0.15, 0.2) is 0 Å². The van der Waals surface area contributed by atoms with E-state index < -0.39 is 16.8 Å². The SMILES string of the molecule is CCC(C)[C@H](NC(=O)[C@H]1N2C(=O)c3ccccc3C2SC1(C)C)C(=O)N1CCCCC1. The number of hydrogen-bond donors (Lipinski definition) is 1. The van der Waals surface area contributed by atoms with Crippen LogP contribution >= 0.6 is 11.8 Å². The summed E-state index contributed by atoms with van der Waals surface area (Å²) in [6.07, 6.45) is 3.98. The molecule has 0 radical (unpaired) electrons. The first kappa shape index (κ1) is 22.2. The molecule has 3 aliphatic heterocycles. The minimum absolute atomic E-state index is 0.0124. The number of hydrogen-bond acceptors (Lipinski definition) is 4. The molecule has 1 aromatic carbocycles. The highest BCUT2D eigenvalue weighted by Crippen LogP contribution is 2.56. The second-order valence-electron chi connectivity index (χ2n) is 9.53. The van der Waals surface area contributed by atoms with Crippen LogP contribution in [0.25, 0.3) is 0 Å². The van der Waals surface area contributed by atoms with Crippen LogP contribution in [0.5, 0.6) is 0 Å². The lowest BCUT2D eigenvalue weighted by Gasteiger charge is -2.35. The number of fused-ring (bicyclic) bond motifs is 3. The maximum Gasteiger partial charge on any atom is 0.256 e. The quantitative estimate of drug-likeness (QED) is 0.755. The van der Waals surface area contributed by atoms with E-state index in [9.17, 15) is 14.4 Å². The first-order valence-electron chi connectivity index (χ1n) is 11.4. The molecule has 7 heteroatoms. The molecule has 3 amide bonds. The zero-order valence-electron chi connectivity index (χ0n) is 18.9. The third-order valence-corrected chi connectivity index (χ3v) is 8.52. The van der Waals surface area contributed by atoms with Gasteiger partial charge in [0.05, 0.1) is 0 Å². The molecule has 0 bridgehead atoms. The summed E-state index contributed by atoms with van der Waals surface area (Å²) in [6, 6.07) is 6.43. The van der Waals surface area contributed by atoms with Gasteiger partial charge in [0.1, 0.15) is 17.5 Å². The van der Waals surface area contributed by atoms with Gasteiger partial charge in [0.25, 0.3) is 5.91 Å². The third kappa shape index (κ3) is 3.86. The van der Waals surface area contributed by atoms with Gasteiger partial charge in [-0.25, -0.2) is 0 Å². The van der Waals surface area contributed by atoms with E-state index in [1.54, 1.807) is 16.7 Å². The molecule has 0 aliphatic carbocycles. The maximum atomic E-state index is 13.6. The van der Waals surface area contributed by atoms with Crippen molar-refractivity contribution >= 4 is 29.5 Å². The molecule has 0 aromatic heterocycles. The van der Waals surface area contributed by atoms with Gasteiger partial charge in [-0.1, -0.05) is 38.5 Å². The zero-order valence-corrected chi connectivity index (χ0v) is 19.7. The Morgan fingerprint density at radius 1 is 1.19 bits per heavy atom. The number of likely N-dealkylation sites (tertiary alicyclic amines) is 1. The second-order valence-corrected chi connectivity index (χ2v) is 11.3. The summed E-state index contributed by atoms with van der Waals surface area (Å²) in [5.41, 5.74) is 1.65. The summed E-state index contributed by atoms with van der Waals surface area (Å²) in [4.78, 5) is 43.8. The van der Waals surface area contributed by atoms with Gasteiger partial charge < -0.3 is 15.1 Å². The van der Waals surface area contributed by atoms with Crippen molar-refractivity contribution in [2.24, 2.45) is 5.92 Å². The number of rotatable bonds is 5. The minimum atomic E-state index is -0.622. The van der Waals surface area contributed by atoms with Crippen LogP contribution in [0.2, 0.25) is 0 Å². The number of carbonyl (C=O) groups is 3. The average molecular weight is 444 g/mol. The van der Waals surface area contributed by atoms with Crippen LogP contribution < -0.4 is 5.32 Å². The van der Waals surface area contributed by atoms with Gasteiger partial charge in [-0.15, -0.1) is 11.8 Å². The highest BCUT2D eigenvalue weighted by molar-refractivity contribution is 8.01. The van der Waals surface area contributed by atoms with E-state index in [0.29, 0.717) is 5.56 Å². The second kappa shape index (κ2) is 8.49. The van der Waals surface area contributed by atoms with Crippen LogP contribution in [-0.2, 0) is 9.59 Å². The van der Waals surface area contributed by atoms with E-state index in [1.165, 1.54) is 0 Å². The van der Waals surface area contributed by atoms with Crippen LogP contribution in [-0.4, -0.2) is 57.4 Å². The van der Waals surface area contributed by atoms with Gasteiger partial charge in [-0.2, -0.15) is 0 Å². The van der Waals surface area contributed by atoms with Crippen molar-refractivity contribution in [3.8, 4) is 0 Å². The summed E-state index contributed by atoms with van der Waals surface area (Å²) in [5.74, 6) is -0.283. The first-order chi connectivity index (χ1) is 14.8. The molecule has 4 rings (SSSR count). The summed E-state index contributed by atoms with van der Waals surface area (Å²) in [7, 11) is 0. The van der Waals surface area contributed by atoms with Crippen molar-refractivity contribution in [3.63, 3.8) is 0 Å². The molecule has 2 unspecified atom stereocenters. The Labute approximate surface area is 189 Å². The van der Waals surface area contributed by atoms with Crippen LogP contribution in [0.4, 0.5) is 0 Å². The van der Waals surface area contributed by atoms with Crippen molar-refractivity contribution in [3.05, 3.63) is 35.4 Å². The van der Waals surface area contributed by atoms with E-state index in [4.69, 9.17) is 0 Å². The smallest absolute Gasteiger partial charge is 0.256 e. The molecule has 4 atom stereocenters. The number of nitrogens with one attached hydrogen (secondary N) is 1. The molecular formula is C24H33N3O3S. The van der Waals surface area contributed by atoms with Gasteiger partial charge >= 0.3 is 0 Å². The molecule has 2 fully saturated rings. The highest BCUT2D eigenvalue weighted by atomic mass is 32.2. The van der Waals surface area contributed by atoms with Gasteiger partial charge in [0.2, 0.25) is 11.8 Å². The topological polar surface area (TPSA) is 69.7 Å². The van der Waals surface area contributed by atoms with Crippen molar-refractivity contribution in [1.82, 2.24) is 15.1 Å². The lowest BCUT2D eigenvalue weighted by Crippen LogP contribution is -2.59. The molecule has 6 nitrogen and oxygen atoms in total. The Morgan fingerprint density at radius 2 is 1.87 bits per heavy atom. The van der Waals surface area contributed by atoms with E-state index in [0.717, 1.165) is 44.3 Å². The fourth-order valence-electron chi connectivity index (χ4n) is 5.03. The Balaban J connectivity index is 1.58. The molecular weight excluding hydrogens is 410 g/mol. The fraction of sp³-hybridized carbons (Fsp3) is 0.625. The first-order valence-corrected chi connectivity index (χ1v) is 12.3. The number of amides is 3. The van der Waals surface area contributed by atoms with Crippen molar-refractivity contribution in [2.75, 3.05) is 13.1 Å². The number of benzene rings is 1. The standard InChI is InChI=1S/C24H33N3O3S/c1-5-15(2)18(22(30)26-13-9-6-10-14-26)25-20(28)19-24(3,4)31-23-17-12-8-7-11-16(17)21(29)27(19)23/h7-8,11-12,15,18-19,23H,5-6,9-10,13-14H2,1-4H3,(H,25,28)/t15?,18-,19+,23?/m0/s1. The van der Waals surface area contributed by atoms with Crippen LogP contribution in [0.15, 0.2) is 24.3 Å². The minimum Gasteiger partial charge on any atom is -0.342 e. The number of nitrogens with zero attached hydrogens (tertiary/aromatic N) is 2. The monoisotopic (exact) mass is 443 g/mol. The van der Waals surface area contributed by atoms with E-state index >= 15 is 0 Å².